The van der Waals surface area contributed by atoms with E-state index < -0.39 is 6.10 Å². The lowest BCUT2D eigenvalue weighted by Crippen LogP contribution is -2.30. The van der Waals surface area contributed by atoms with Crippen LogP contribution in [0.2, 0.25) is 0 Å². The van der Waals surface area contributed by atoms with Gasteiger partial charge < -0.3 is 14.2 Å². The average molecular weight is 1040 g/mol. The zero-order valence-electron chi connectivity index (χ0n) is 49.4. The standard InChI is InChI=1S/C68H122O6/c1-4-7-10-13-16-19-22-24-26-28-30-32-34-36-38-40-42-44-46-49-52-55-58-61-67(70)73-64-65(63-72-66(69)60-57-54-51-48-21-18-15-12-9-6-3)74-68(71)62-59-56-53-50-47-45-43-41-39-37-35-33-31-29-27-25-23-20-17-14-11-8-5-2/h22-25,28-31,34,36,65H,4-21,26-27,32-33,35,37-64H2,1-3H3/b24-22-,25-23-,30-28-,31-29-,36-34-. The molecule has 0 rings (SSSR count). The van der Waals surface area contributed by atoms with Gasteiger partial charge in [0.25, 0.3) is 0 Å². The van der Waals surface area contributed by atoms with Gasteiger partial charge in [-0.15, -0.1) is 0 Å². The van der Waals surface area contributed by atoms with Crippen molar-refractivity contribution in [2.24, 2.45) is 0 Å². The monoisotopic (exact) mass is 1030 g/mol. The molecule has 6 nitrogen and oxygen atoms in total. The molecule has 430 valence electrons. The van der Waals surface area contributed by atoms with E-state index in [-0.39, 0.29) is 31.1 Å². The van der Waals surface area contributed by atoms with Gasteiger partial charge in [0.05, 0.1) is 0 Å². The molecular weight excluding hydrogens is 913 g/mol. The van der Waals surface area contributed by atoms with Crippen LogP contribution in [0, 0.1) is 0 Å². The Morgan fingerprint density at radius 3 is 0.757 bits per heavy atom. The number of hydrogen-bond donors (Lipinski definition) is 0. The molecule has 0 aliphatic rings. The van der Waals surface area contributed by atoms with Crippen molar-refractivity contribution in [3.8, 4) is 0 Å². The predicted molar refractivity (Wildman–Crippen MR) is 321 cm³/mol. The van der Waals surface area contributed by atoms with Gasteiger partial charge in [-0.3, -0.25) is 14.4 Å². The summed E-state index contributed by atoms with van der Waals surface area (Å²) in [7, 11) is 0. The van der Waals surface area contributed by atoms with Gasteiger partial charge in [0, 0.05) is 19.3 Å². The van der Waals surface area contributed by atoms with Crippen molar-refractivity contribution in [2.45, 2.75) is 341 Å². The summed E-state index contributed by atoms with van der Waals surface area (Å²) in [6, 6.07) is 0. The van der Waals surface area contributed by atoms with Crippen LogP contribution in [-0.4, -0.2) is 37.2 Å². The van der Waals surface area contributed by atoms with E-state index >= 15 is 0 Å². The van der Waals surface area contributed by atoms with Crippen LogP contribution < -0.4 is 0 Å². The summed E-state index contributed by atoms with van der Waals surface area (Å²) in [4.78, 5) is 38.2. The summed E-state index contributed by atoms with van der Waals surface area (Å²) in [6.07, 6.45) is 79.4. The fourth-order valence-electron chi connectivity index (χ4n) is 9.36. The van der Waals surface area contributed by atoms with Crippen molar-refractivity contribution < 1.29 is 28.6 Å². The normalized spacial score (nSPS) is 12.4. The predicted octanol–water partition coefficient (Wildman–Crippen LogP) is 21.9. The summed E-state index contributed by atoms with van der Waals surface area (Å²) in [5, 5.41) is 0. The van der Waals surface area contributed by atoms with Crippen molar-refractivity contribution in [1.29, 1.82) is 0 Å². The average Bonchev–Trinajstić information content (AvgIpc) is 3.40. The lowest BCUT2D eigenvalue weighted by Gasteiger charge is -2.18. The van der Waals surface area contributed by atoms with Crippen molar-refractivity contribution in [3.63, 3.8) is 0 Å². The minimum atomic E-state index is -0.777. The van der Waals surface area contributed by atoms with Gasteiger partial charge in [-0.25, -0.2) is 0 Å². The number of rotatable bonds is 59. The summed E-state index contributed by atoms with van der Waals surface area (Å²) in [5.74, 6) is -0.869. The Labute approximate surface area is 460 Å². The highest BCUT2D eigenvalue weighted by Gasteiger charge is 2.19. The zero-order valence-corrected chi connectivity index (χ0v) is 49.4. The van der Waals surface area contributed by atoms with E-state index in [0.717, 1.165) is 83.5 Å². The van der Waals surface area contributed by atoms with Gasteiger partial charge in [-0.05, 0) is 89.9 Å². The molecule has 0 saturated heterocycles. The topological polar surface area (TPSA) is 78.9 Å². The van der Waals surface area contributed by atoms with Crippen LogP contribution in [0.1, 0.15) is 335 Å². The number of unbranched alkanes of at least 4 members (excludes halogenated alkanes) is 38. The molecule has 1 atom stereocenters. The van der Waals surface area contributed by atoms with Gasteiger partial charge in [0.2, 0.25) is 0 Å². The van der Waals surface area contributed by atoms with Crippen LogP contribution in [0.5, 0.6) is 0 Å². The second-order valence-corrected chi connectivity index (χ2v) is 21.7. The quantitative estimate of drug-likeness (QED) is 0.0261. The summed E-state index contributed by atoms with van der Waals surface area (Å²) in [5.41, 5.74) is 0. The first-order valence-electron chi connectivity index (χ1n) is 32.3. The van der Waals surface area contributed by atoms with E-state index in [0.29, 0.717) is 19.3 Å². The van der Waals surface area contributed by atoms with E-state index in [1.165, 1.54) is 212 Å². The van der Waals surface area contributed by atoms with E-state index in [1.807, 2.05) is 0 Å². The molecule has 0 aromatic heterocycles. The molecule has 0 radical (unpaired) electrons. The smallest absolute Gasteiger partial charge is 0.306 e. The van der Waals surface area contributed by atoms with Crippen LogP contribution >= 0.6 is 0 Å². The minimum Gasteiger partial charge on any atom is -0.462 e. The molecule has 74 heavy (non-hydrogen) atoms. The number of esters is 3. The maximum Gasteiger partial charge on any atom is 0.306 e. The van der Waals surface area contributed by atoms with Crippen LogP contribution in [0.3, 0.4) is 0 Å². The molecule has 0 fully saturated rings. The number of ether oxygens (including phenoxy) is 3. The first-order valence-corrected chi connectivity index (χ1v) is 32.3. The lowest BCUT2D eigenvalue weighted by atomic mass is 10.0. The molecule has 0 aliphatic carbocycles. The fraction of sp³-hybridized carbons (Fsp3) is 0.809. The Bertz CT molecular complexity index is 1330. The molecule has 6 heteroatoms. The van der Waals surface area contributed by atoms with Crippen molar-refractivity contribution in [2.75, 3.05) is 13.2 Å². The Morgan fingerprint density at radius 1 is 0.270 bits per heavy atom. The molecular formula is C68H122O6. The summed E-state index contributed by atoms with van der Waals surface area (Å²) >= 11 is 0. The van der Waals surface area contributed by atoms with E-state index in [2.05, 4.69) is 81.5 Å². The molecule has 0 heterocycles. The number of hydrogen-bond acceptors (Lipinski definition) is 6. The first-order chi connectivity index (χ1) is 36.5. The van der Waals surface area contributed by atoms with Crippen molar-refractivity contribution >= 4 is 17.9 Å². The van der Waals surface area contributed by atoms with Gasteiger partial charge >= 0.3 is 17.9 Å². The van der Waals surface area contributed by atoms with Crippen molar-refractivity contribution in [3.05, 3.63) is 60.8 Å². The second-order valence-electron chi connectivity index (χ2n) is 21.7. The minimum absolute atomic E-state index is 0.0744. The maximum atomic E-state index is 12.9. The number of allylic oxidation sites excluding steroid dienone is 10. The summed E-state index contributed by atoms with van der Waals surface area (Å²) in [6.45, 7) is 6.64. The fourth-order valence-corrected chi connectivity index (χ4v) is 9.36. The molecule has 1 unspecified atom stereocenters. The molecule has 0 bridgehead atoms. The molecule has 0 N–H and O–H groups in total. The van der Waals surface area contributed by atoms with E-state index in [4.69, 9.17) is 14.2 Å². The van der Waals surface area contributed by atoms with Crippen molar-refractivity contribution in [1.82, 2.24) is 0 Å². The third kappa shape index (κ3) is 60.0. The Balaban J connectivity index is 4.25. The molecule has 0 aromatic carbocycles. The molecule has 0 aromatic rings. The summed E-state index contributed by atoms with van der Waals surface area (Å²) < 4.78 is 16.9. The second kappa shape index (κ2) is 62.6. The van der Waals surface area contributed by atoms with Gasteiger partial charge in [-0.1, -0.05) is 287 Å². The molecule has 0 saturated carbocycles. The lowest BCUT2D eigenvalue weighted by molar-refractivity contribution is -0.167. The Morgan fingerprint density at radius 2 is 0.486 bits per heavy atom. The number of carbonyl (C=O) groups excluding carboxylic acids is 3. The van der Waals surface area contributed by atoms with Crippen LogP contribution in [0.15, 0.2) is 60.8 Å². The van der Waals surface area contributed by atoms with Crippen LogP contribution in [-0.2, 0) is 28.6 Å². The van der Waals surface area contributed by atoms with Gasteiger partial charge in [0.15, 0.2) is 6.10 Å². The first kappa shape index (κ1) is 71.1. The Hall–Kier alpha value is -2.89. The maximum absolute atomic E-state index is 12.9. The van der Waals surface area contributed by atoms with Crippen LogP contribution in [0.4, 0.5) is 0 Å². The highest BCUT2D eigenvalue weighted by Crippen LogP contribution is 2.16. The van der Waals surface area contributed by atoms with Gasteiger partial charge in [-0.2, -0.15) is 0 Å². The largest absolute Gasteiger partial charge is 0.462 e. The third-order valence-electron chi connectivity index (χ3n) is 14.2. The van der Waals surface area contributed by atoms with Crippen LogP contribution in [0.25, 0.3) is 0 Å². The number of carbonyl (C=O) groups is 3. The van der Waals surface area contributed by atoms with E-state index in [9.17, 15) is 14.4 Å². The third-order valence-corrected chi connectivity index (χ3v) is 14.2. The van der Waals surface area contributed by atoms with Gasteiger partial charge in [0.1, 0.15) is 13.2 Å². The SMILES string of the molecule is CCCCCCC/C=C\C/C=C\C/C=C\CCCCCCCCCCC(=O)OCC(COC(=O)CCCCCCCCCCCC)OC(=O)CCCCCCCCCCCCC/C=C\C/C=C\CCCCCCC. The highest BCUT2D eigenvalue weighted by molar-refractivity contribution is 5.71. The molecule has 0 amide bonds. The molecule has 0 aliphatic heterocycles. The Kier molecular flexibility index (Phi) is 60.2. The van der Waals surface area contributed by atoms with E-state index in [1.54, 1.807) is 0 Å². The molecule has 0 spiro atoms. The zero-order chi connectivity index (χ0) is 53.6. The highest BCUT2D eigenvalue weighted by atomic mass is 16.6.